The summed E-state index contributed by atoms with van der Waals surface area (Å²) in [7, 11) is 4.04. The van der Waals surface area contributed by atoms with Gasteiger partial charge in [0.05, 0.1) is 16.8 Å². The van der Waals surface area contributed by atoms with E-state index < -0.39 is 0 Å². The number of anilines is 1. The number of hydrogen-bond donors (Lipinski definition) is 1. The maximum absolute atomic E-state index is 12.2. The van der Waals surface area contributed by atoms with Gasteiger partial charge in [-0.2, -0.15) is 5.10 Å². The van der Waals surface area contributed by atoms with Crippen molar-refractivity contribution in [2.75, 3.05) is 19.0 Å². The van der Waals surface area contributed by atoms with Crippen molar-refractivity contribution in [1.29, 1.82) is 0 Å². The molecular formula is C22H23ClN4O. The van der Waals surface area contributed by atoms with Gasteiger partial charge in [0, 0.05) is 42.4 Å². The number of hydrazone groups is 1. The minimum absolute atomic E-state index is 0.338. The highest BCUT2D eigenvalue weighted by Crippen LogP contribution is 2.22. The number of benzene rings is 2. The third-order valence-electron chi connectivity index (χ3n) is 4.58. The second-order valence-electron chi connectivity index (χ2n) is 6.75. The van der Waals surface area contributed by atoms with E-state index in [9.17, 15) is 4.79 Å². The highest BCUT2D eigenvalue weighted by Gasteiger charge is 2.11. The summed E-state index contributed by atoms with van der Waals surface area (Å²) in [6, 6.07) is 17.3. The number of halogens is 1. The summed E-state index contributed by atoms with van der Waals surface area (Å²) < 4.78 is 2.16. The Bertz CT molecular complexity index is 1020. The Kier molecular flexibility index (Phi) is 5.85. The van der Waals surface area contributed by atoms with E-state index in [4.69, 9.17) is 11.6 Å². The SMILES string of the molecule is Cc1cc(/C=N\NC(=O)c2ccccc2Cl)c(C)n1-c1ccc(N(C)C)cc1. The van der Waals surface area contributed by atoms with Crippen LogP contribution in [0.1, 0.15) is 27.3 Å². The van der Waals surface area contributed by atoms with Gasteiger partial charge in [0.2, 0.25) is 0 Å². The molecule has 0 aliphatic heterocycles. The van der Waals surface area contributed by atoms with Gasteiger partial charge in [0.1, 0.15) is 0 Å². The lowest BCUT2D eigenvalue weighted by molar-refractivity contribution is 0.0955. The summed E-state index contributed by atoms with van der Waals surface area (Å²) in [5, 5.41) is 4.50. The third kappa shape index (κ3) is 4.10. The number of nitrogens with one attached hydrogen (secondary N) is 1. The van der Waals surface area contributed by atoms with Crippen LogP contribution in [0.15, 0.2) is 59.7 Å². The van der Waals surface area contributed by atoms with Crippen LogP contribution in [0.25, 0.3) is 5.69 Å². The van der Waals surface area contributed by atoms with Gasteiger partial charge >= 0.3 is 0 Å². The molecule has 0 fully saturated rings. The predicted molar refractivity (Wildman–Crippen MR) is 116 cm³/mol. The Morgan fingerprint density at radius 2 is 1.79 bits per heavy atom. The molecule has 0 spiro atoms. The molecular weight excluding hydrogens is 372 g/mol. The number of aromatic nitrogens is 1. The molecule has 3 aromatic rings. The zero-order valence-electron chi connectivity index (χ0n) is 16.4. The second-order valence-corrected chi connectivity index (χ2v) is 7.16. The first-order valence-corrected chi connectivity index (χ1v) is 9.31. The first-order valence-electron chi connectivity index (χ1n) is 8.93. The van der Waals surface area contributed by atoms with E-state index in [0.717, 1.165) is 28.3 Å². The summed E-state index contributed by atoms with van der Waals surface area (Å²) in [5.41, 5.74) is 8.24. The molecule has 1 amide bonds. The molecule has 1 aromatic heterocycles. The molecule has 0 radical (unpaired) electrons. The van der Waals surface area contributed by atoms with Crippen LogP contribution in [0.3, 0.4) is 0 Å². The molecule has 0 aliphatic rings. The lowest BCUT2D eigenvalue weighted by Crippen LogP contribution is -2.18. The highest BCUT2D eigenvalue weighted by molar-refractivity contribution is 6.33. The van der Waals surface area contributed by atoms with E-state index in [-0.39, 0.29) is 5.91 Å². The highest BCUT2D eigenvalue weighted by atomic mass is 35.5. The number of rotatable bonds is 5. The minimum atomic E-state index is -0.338. The van der Waals surface area contributed by atoms with Gasteiger partial charge in [-0.25, -0.2) is 5.43 Å². The molecule has 5 nitrogen and oxygen atoms in total. The first-order chi connectivity index (χ1) is 13.4. The Morgan fingerprint density at radius 3 is 2.43 bits per heavy atom. The summed E-state index contributed by atoms with van der Waals surface area (Å²) >= 11 is 6.04. The Labute approximate surface area is 170 Å². The van der Waals surface area contributed by atoms with Crippen LogP contribution < -0.4 is 10.3 Å². The van der Waals surface area contributed by atoms with E-state index in [1.54, 1.807) is 30.5 Å². The number of aryl methyl sites for hydroxylation is 1. The first kappa shape index (κ1) is 19.7. The van der Waals surface area contributed by atoms with Crippen molar-refractivity contribution >= 4 is 29.4 Å². The van der Waals surface area contributed by atoms with E-state index >= 15 is 0 Å². The van der Waals surface area contributed by atoms with Crippen molar-refractivity contribution in [1.82, 2.24) is 9.99 Å². The molecule has 1 heterocycles. The lowest BCUT2D eigenvalue weighted by Gasteiger charge is -2.14. The maximum atomic E-state index is 12.2. The van der Waals surface area contributed by atoms with Gasteiger partial charge in [-0.1, -0.05) is 23.7 Å². The van der Waals surface area contributed by atoms with Crippen molar-refractivity contribution in [2.24, 2.45) is 5.10 Å². The zero-order valence-corrected chi connectivity index (χ0v) is 17.2. The molecule has 3 rings (SSSR count). The van der Waals surface area contributed by atoms with Crippen LogP contribution in [-0.2, 0) is 0 Å². The summed E-state index contributed by atoms with van der Waals surface area (Å²) in [5.74, 6) is -0.338. The largest absolute Gasteiger partial charge is 0.378 e. The molecule has 0 bridgehead atoms. The van der Waals surface area contributed by atoms with Gasteiger partial charge in [-0.05, 0) is 56.3 Å². The van der Waals surface area contributed by atoms with Gasteiger partial charge in [0.25, 0.3) is 5.91 Å². The number of nitrogens with zero attached hydrogens (tertiary/aromatic N) is 3. The number of carbonyl (C=O) groups is 1. The van der Waals surface area contributed by atoms with Crippen LogP contribution in [0.2, 0.25) is 5.02 Å². The van der Waals surface area contributed by atoms with Crippen LogP contribution >= 0.6 is 11.6 Å². The molecule has 144 valence electrons. The fourth-order valence-corrected chi connectivity index (χ4v) is 3.30. The molecule has 0 aliphatic carbocycles. The molecule has 1 N–H and O–H groups in total. The molecule has 0 unspecified atom stereocenters. The average Bonchev–Trinajstić information content (AvgIpc) is 2.95. The molecule has 0 saturated heterocycles. The number of carbonyl (C=O) groups excluding carboxylic acids is 1. The van der Waals surface area contributed by atoms with Gasteiger partial charge in [0.15, 0.2) is 0 Å². The van der Waals surface area contributed by atoms with E-state index in [2.05, 4.69) is 44.3 Å². The Hall–Kier alpha value is -3.05. The minimum Gasteiger partial charge on any atom is -0.378 e. The van der Waals surface area contributed by atoms with Crippen LogP contribution in [-0.4, -0.2) is 30.8 Å². The summed E-state index contributed by atoms with van der Waals surface area (Å²) in [6.07, 6.45) is 1.65. The van der Waals surface area contributed by atoms with Gasteiger partial charge in [-0.15, -0.1) is 0 Å². The van der Waals surface area contributed by atoms with Crippen molar-refractivity contribution in [3.8, 4) is 5.69 Å². The molecule has 0 saturated carbocycles. The van der Waals surface area contributed by atoms with Gasteiger partial charge in [-0.3, -0.25) is 4.79 Å². The maximum Gasteiger partial charge on any atom is 0.272 e. The summed E-state index contributed by atoms with van der Waals surface area (Å²) in [4.78, 5) is 14.3. The van der Waals surface area contributed by atoms with Crippen LogP contribution in [0.4, 0.5) is 5.69 Å². The quantitative estimate of drug-likeness (QED) is 0.508. The standard InChI is InChI=1S/C22H23ClN4O/c1-15-13-17(14-24-25-22(28)20-7-5-6-8-21(20)23)16(2)27(15)19-11-9-18(10-12-19)26(3)4/h5-14H,1-4H3,(H,25,28)/b24-14-. The molecule has 0 atom stereocenters. The monoisotopic (exact) mass is 394 g/mol. The van der Waals surface area contributed by atoms with Gasteiger partial charge < -0.3 is 9.47 Å². The molecule has 6 heteroatoms. The Morgan fingerprint density at radius 1 is 1.11 bits per heavy atom. The predicted octanol–water partition coefficient (Wildman–Crippen LogP) is 4.58. The number of hydrogen-bond acceptors (Lipinski definition) is 3. The normalized spacial score (nSPS) is 11.0. The van der Waals surface area contributed by atoms with Crippen LogP contribution in [0, 0.1) is 13.8 Å². The van der Waals surface area contributed by atoms with Crippen LogP contribution in [0.5, 0.6) is 0 Å². The van der Waals surface area contributed by atoms with Crippen molar-refractivity contribution < 1.29 is 4.79 Å². The summed E-state index contributed by atoms with van der Waals surface area (Å²) in [6.45, 7) is 4.08. The Balaban J connectivity index is 1.79. The van der Waals surface area contributed by atoms with E-state index in [1.165, 1.54) is 0 Å². The second kappa shape index (κ2) is 8.31. The van der Waals surface area contributed by atoms with Crippen molar-refractivity contribution in [2.45, 2.75) is 13.8 Å². The van der Waals surface area contributed by atoms with E-state index in [1.807, 2.05) is 34.0 Å². The fourth-order valence-electron chi connectivity index (χ4n) is 3.08. The number of amides is 1. The topological polar surface area (TPSA) is 49.6 Å². The zero-order chi connectivity index (χ0) is 20.3. The van der Waals surface area contributed by atoms with E-state index in [0.29, 0.717) is 10.6 Å². The van der Waals surface area contributed by atoms with Crippen molar-refractivity contribution in [3.05, 3.63) is 82.1 Å². The molecule has 28 heavy (non-hydrogen) atoms. The third-order valence-corrected chi connectivity index (χ3v) is 4.91. The lowest BCUT2D eigenvalue weighted by atomic mass is 10.2. The average molecular weight is 395 g/mol. The van der Waals surface area contributed by atoms with Crippen molar-refractivity contribution in [3.63, 3.8) is 0 Å². The fraction of sp³-hybridized carbons (Fsp3) is 0.182. The smallest absolute Gasteiger partial charge is 0.272 e. The molecule has 2 aromatic carbocycles.